The van der Waals surface area contributed by atoms with Gasteiger partial charge >= 0.3 is 12.0 Å². The highest BCUT2D eigenvalue weighted by molar-refractivity contribution is 5.74. The Morgan fingerprint density at radius 2 is 2.19 bits per heavy atom. The molecule has 118 valence electrons. The number of amides is 2. The van der Waals surface area contributed by atoms with Crippen LogP contribution in [-0.2, 0) is 9.53 Å². The number of carbonyl (C=O) groups excluding carboxylic acids is 1. The van der Waals surface area contributed by atoms with E-state index in [0.717, 1.165) is 5.76 Å². The van der Waals surface area contributed by atoms with Crippen molar-refractivity contribution in [3.8, 4) is 0 Å². The Morgan fingerprint density at radius 3 is 2.76 bits per heavy atom. The minimum Gasteiger partial charge on any atom is -0.481 e. The van der Waals surface area contributed by atoms with E-state index in [2.05, 4.69) is 10.6 Å². The number of aryl methyl sites for hydroxylation is 1. The normalized spacial score (nSPS) is 11.9. The van der Waals surface area contributed by atoms with Gasteiger partial charge in [0.2, 0.25) is 0 Å². The lowest BCUT2D eigenvalue weighted by Crippen LogP contribution is -2.38. The van der Waals surface area contributed by atoms with E-state index in [4.69, 9.17) is 14.3 Å². The largest absolute Gasteiger partial charge is 0.481 e. The van der Waals surface area contributed by atoms with E-state index >= 15 is 0 Å². The zero-order chi connectivity index (χ0) is 15.7. The van der Waals surface area contributed by atoms with Crippen LogP contribution in [0.25, 0.3) is 0 Å². The van der Waals surface area contributed by atoms with Crippen LogP contribution in [0.3, 0.4) is 0 Å². The van der Waals surface area contributed by atoms with Gasteiger partial charge < -0.3 is 24.9 Å². The average Bonchev–Trinajstić information content (AvgIpc) is 2.86. The summed E-state index contributed by atoms with van der Waals surface area (Å²) in [7, 11) is 1.59. The van der Waals surface area contributed by atoms with E-state index in [-0.39, 0.29) is 18.5 Å². The molecule has 0 aromatic carbocycles. The molecule has 3 N–H and O–H groups in total. The number of carboxylic acids is 1. The number of ether oxygens (including phenoxy) is 1. The zero-order valence-electron chi connectivity index (χ0n) is 12.3. The molecule has 1 heterocycles. The van der Waals surface area contributed by atoms with Gasteiger partial charge in [0.1, 0.15) is 11.5 Å². The second kappa shape index (κ2) is 9.02. The second-order valence-corrected chi connectivity index (χ2v) is 4.68. The highest BCUT2D eigenvalue weighted by Gasteiger charge is 2.17. The van der Waals surface area contributed by atoms with Crippen molar-refractivity contribution in [2.45, 2.75) is 32.2 Å². The van der Waals surface area contributed by atoms with E-state index in [1.807, 2.05) is 19.1 Å². The van der Waals surface area contributed by atoms with Crippen LogP contribution in [0.1, 0.15) is 36.8 Å². The number of carbonyl (C=O) groups is 2. The number of rotatable bonds is 9. The molecule has 0 spiro atoms. The van der Waals surface area contributed by atoms with Crippen molar-refractivity contribution in [1.82, 2.24) is 10.6 Å². The fraction of sp³-hybridized carbons (Fsp3) is 0.571. The van der Waals surface area contributed by atoms with Crippen molar-refractivity contribution in [3.63, 3.8) is 0 Å². The minimum atomic E-state index is -0.874. The van der Waals surface area contributed by atoms with Crippen molar-refractivity contribution in [2.24, 2.45) is 0 Å². The van der Waals surface area contributed by atoms with Crippen molar-refractivity contribution in [1.29, 1.82) is 0 Å². The molecule has 7 heteroatoms. The van der Waals surface area contributed by atoms with Crippen LogP contribution in [0.2, 0.25) is 0 Å². The van der Waals surface area contributed by atoms with Gasteiger partial charge in [-0.3, -0.25) is 4.79 Å². The number of nitrogens with one attached hydrogen (secondary N) is 2. The number of hydrogen-bond donors (Lipinski definition) is 3. The molecular formula is C14H22N2O5. The average molecular weight is 298 g/mol. The minimum absolute atomic E-state index is 0.0325. The molecule has 0 aliphatic rings. The van der Waals surface area contributed by atoms with Crippen LogP contribution in [0.15, 0.2) is 16.5 Å². The Hall–Kier alpha value is -2.02. The topological polar surface area (TPSA) is 101 Å². The summed E-state index contributed by atoms with van der Waals surface area (Å²) in [6.07, 6.45) is 1.02. The van der Waals surface area contributed by atoms with Crippen LogP contribution < -0.4 is 10.6 Å². The lowest BCUT2D eigenvalue weighted by Gasteiger charge is -2.16. The summed E-state index contributed by atoms with van der Waals surface area (Å²) in [4.78, 5) is 22.2. The number of furan rings is 1. The lowest BCUT2D eigenvalue weighted by molar-refractivity contribution is -0.137. The van der Waals surface area contributed by atoms with E-state index in [1.54, 1.807) is 7.11 Å². The van der Waals surface area contributed by atoms with Crippen LogP contribution in [0.4, 0.5) is 4.79 Å². The fourth-order valence-corrected chi connectivity index (χ4v) is 1.81. The Morgan fingerprint density at radius 1 is 1.43 bits per heavy atom. The maximum absolute atomic E-state index is 11.8. The molecular weight excluding hydrogens is 276 g/mol. The van der Waals surface area contributed by atoms with Gasteiger partial charge in [-0.25, -0.2) is 4.79 Å². The standard InChI is InChI=1S/C14H22N2O5/c1-10-5-6-12(21-10)11(7-9-20-2)16-14(19)15-8-3-4-13(17)18/h5-6,11H,3-4,7-9H2,1-2H3,(H,17,18)(H2,15,16,19). The van der Waals surface area contributed by atoms with Crippen LogP contribution >= 0.6 is 0 Å². The first-order valence-corrected chi connectivity index (χ1v) is 6.84. The zero-order valence-corrected chi connectivity index (χ0v) is 12.3. The molecule has 0 bridgehead atoms. The fourth-order valence-electron chi connectivity index (χ4n) is 1.81. The Balaban J connectivity index is 2.44. The molecule has 21 heavy (non-hydrogen) atoms. The van der Waals surface area contributed by atoms with Gasteiger partial charge in [-0.05, 0) is 31.9 Å². The molecule has 0 saturated carbocycles. The third kappa shape index (κ3) is 6.80. The first kappa shape index (κ1) is 17.0. The Kier molecular flexibility index (Phi) is 7.31. The Bertz CT molecular complexity index is 458. The van der Waals surface area contributed by atoms with Crippen molar-refractivity contribution >= 4 is 12.0 Å². The van der Waals surface area contributed by atoms with Crippen molar-refractivity contribution < 1.29 is 23.8 Å². The van der Waals surface area contributed by atoms with Crippen LogP contribution in [-0.4, -0.2) is 37.4 Å². The van der Waals surface area contributed by atoms with E-state index in [9.17, 15) is 9.59 Å². The molecule has 1 aromatic heterocycles. The van der Waals surface area contributed by atoms with E-state index < -0.39 is 5.97 Å². The van der Waals surface area contributed by atoms with Crippen molar-refractivity contribution in [2.75, 3.05) is 20.3 Å². The predicted molar refractivity (Wildman–Crippen MR) is 76.1 cm³/mol. The quantitative estimate of drug-likeness (QED) is 0.604. The maximum atomic E-state index is 11.8. The summed E-state index contributed by atoms with van der Waals surface area (Å²) >= 11 is 0. The Labute approximate surface area is 123 Å². The molecule has 7 nitrogen and oxygen atoms in total. The first-order chi connectivity index (χ1) is 10.0. The predicted octanol–water partition coefficient (Wildman–Crippen LogP) is 1.83. The molecule has 0 aliphatic heterocycles. The third-order valence-corrected chi connectivity index (χ3v) is 2.87. The van der Waals surface area contributed by atoms with Crippen LogP contribution in [0.5, 0.6) is 0 Å². The smallest absolute Gasteiger partial charge is 0.315 e. The molecule has 0 saturated heterocycles. The van der Waals surface area contributed by atoms with Gasteiger partial charge in [-0.2, -0.15) is 0 Å². The molecule has 0 aliphatic carbocycles. The summed E-state index contributed by atoms with van der Waals surface area (Å²) in [5.74, 6) is 0.572. The molecule has 2 amide bonds. The van der Waals surface area contributed by atoms with Gasteiger partial charge in [0.05, 0.1) is 6.04 Å². The summed E-state index contributed by atoms with van der Waals surface area (Å²) in [5, 5.41) is 13.9. The molecule has 0 radical (unpaired) electrons. The number of methoxy groups -OCH3 is 1. The van der Waals surface area contributed by atoms with E-state index in [1.165, 1.54) is 0 Å². The van der Waals surface area contributed by atoms with E-state index in [0.29, 0.717) is 31.8 Å². The molecule has 1 rings (SSSR count). The number of urea groups is 1. The summed E-state index contributed by atoms with van der Waals surface area (Å²) in [5.41, 5.74) is 0. The highest BCUT2D eigenvalue weighted by Crippen LogP contribution is 2.19. The third-order valence-electron chi connectivity index (χ3n) is 2.87. The lowest BCUT2D eigenvalue weighted by atomic mass is 10.1. The summed E-state index contributed by atoms with van der Waals surface area (Å²) < 4.78 is 10.6. The summed E-state index contributed by atoms with van der Waals surface area (Å²) in [6, 6.07) is 3.02. The van der Waals surface area contributed by atoms with Gasteiger partial charge in [0, 0.05) is 26.7 Å². The SMILES string of the molecule is COCCC(NC(=O)NCCCC(=O)O)c1ccc(C)o1. The second-order valence-electron chi connectivity index (χ2n) is 4.68. The molecule has 1 aromatic rings. The molecule has 1 unspecified atom stereocenters. The van der Waals surface area contributed by atoms with Gasteiger partial charge in [0.25, 0.3) is 0 Å². The van der Waals surface area contributed by atoms with Gasteiger partial charge in [-0.15, -0.1) is 0 Å². The van der Waals surface area contributed by atoms with Gasteiger partial charge in [-0.1, -0.05) is 0 Å². The van der Waals surface area contributed by atoms with Gasteiger partial charge in [0.15, 0.2) is 0 Å². The van der Waals surface area contributed by atoms with Crippen LogP contribution in [0, 0.1) is 6.92 Å². The number of aliphatic carboxylic acids is 1. The monoisotopic (exact) mass is 298 g/mol. The number of hydrogen-bond acceptors (Lipinski definition) is 4. The maximum Gasteiger partial charge on any atom is 0.315 e. The number of carboxylic acid groups (broad SMARTS) is 1. The van der Waals surface area contributed by atoms with Crippen molar-refractivity contribution in [3.05, 3.63) is 23.7 Å². The highest BCUT2D eigenvalue weighted by atomic mass is 16.5. The summed E-state index contributed by atoms with van der Waals surface area (Å²) in [6.45, 7) is 2.64. The molecule has 1 atom stereocenters. The molecule has 0 fully saturated rings. The first-order valence-electron chi connectivity index (χ1n) is 6.84.